The van der Waals surface area contributed by atoms with Crippen molar-refractivity contribution in [3.8, 4) is 0 Å². The molecule has 0 saturated heterocycles. The quantitative estimate of drug-likeness (QED) is 0.292. The van der Waals surface area contributed by atoms with E-state index in [0.717, 1.165) is 6.08 Å². The van der Waals surface area contributed by atoms with Gasteiger partial charge in [0.05, 0.1) is 7.11 Å². The SMILES string of the molecule is CO/C(C=O)=C/C=O. The Bertz CT molecular complexity index is 115. The maximum atomic E-state index is 9.77. The minimum Gasteiger partial charge on any atom is -0.493 e. The molecule has 0 aromatic rings. The fraction of sp³-hybridized carbons (Fsp3) is 0.200. The molecular weight excluding hydrogens is 108 g/mol. The first-order chi connectivity index (χ1) is 3.85. The zero-order chi connectivity index (χ0) is 6.41. The van der Waals surface area contributed by atoms with Crippen LogP contribution in [0.2, 0.25) is 0 Å². The lowest BCUT2D eigenvalue weighted by Gasteiger charge is -1.89. The average Bonchev–Trinajstić information content (AvgIpc) is 1.83. The molecule has 0 unspecified atom stereocenters. The highest BCUT2D eigenvalue weighted by atomic mass is 16.5. The van der Waals surface area contributed by atoms with Crippen molar-refractivity contribution >= 4 is 12.6 Å². The number of rotatable bonds is 3. The lowest BCUT2D eigenvalue weighted by atomic mass is 10.5. The normalized spacial score (nSPS) is 10.4. The maximum Gasteiger partial charge on any atom is 0.184 e. The number of allylic oxidation sites excluding steroid dienone is 2. The molecule has 0 saturated carbocycles. The van der Waals surface area contributed by atoms with Crippen molar-refractivity contribution in [1.82, 2.24) is 0 Å². The van der Waals surface area contributed by atoms with E-state index in [9.17, 15) is 9.59 Å². The van der Waals surface area contributed by atoms with Crippen LogP contribution in [0, 0.1) is 0 Å². The molecule has 3 heteroatoms. The van der Waals surface area contributed by atoms with Gasteiger partial charge in [-0.15, -0.1) is 0 Å². The van der Waals surface area contributed by atoms with E-state index in [4.69, 9.17) is 0 Å². The molecule has 0 aliphatic heterocycles. The first-order valence-corrected chi connectivity index (χ1v) is 1.99. The summed E-state index contributed by atoms with van der Waals surface area (Å²) in [6, 6.07) is 0. The summed E-state index contributed by atoms with van der Waals surface area (Å²) in [4.78, 5) is 19.4. The molecule has 0 heterocycles. The molecule has 0 rings (SSSR count). The number of hydrogen-bond acceptors (Lipinski definition) is 3. The van der Waals surface area contributed by atoms with Crippen molar-refractivity contribution in [3.05, 3.63) is 11.8 Å². The second-order valence-corrected chi connectivity index (χ2v) is 1.03. The summed E-state index contributed by atoms with van der Waals surface area (Å²) in [5.41, 5.74) is 0. The van der Waals surface area contributed by atoms with Crippen LogP contribution in [0.5, 0.6) is 0 Å². The summed E-state index contributed by atoms with van der Waals surface area (Å²) >= 11 is 0. The zero-order valence-electron chi connectivity index (χ0n) is 4.46. The summed E-state index contributed by atoms with van der Waals surface area (Å²) in [5, 5.41) is 0. The van der Waals surface area contributed by atoms with Gasteiger partial charge in [0.25, 0.3) is 0 Å². The number of methoxy groups -OCH3 is 1. The van der Waals surface area contributed by atoms with E-state index in [1.165, 1.54) is 7.11 Å². The van der Waals surface area contributed by atoms with Gasteiger partial charge >= 0.3 is 0 Å². The molecule has 8 heavy (non-hydrogen) atoms. The second kappa shape index (κ2) is 4.05. The third kappa shape index (κ3) is 2.12. The van der Waals surface area contributed by atoms with Crippen LogP contribution in [0.25, 0.3) is 0 Å². The van der Waals surface area contributed by atoms with Gasteiger partial charge in [-0.05, 0) is 0 Å². The largest absolute Gasteiger partial charge is 0.493 e. The van der Waals surface area contributed by atoms with Crippen LogP contribution in [0.3, 0.4) is 0 Å². The molecule has 0 fully saturated rings. The van der Waals surface area contributed by atoms with Crippen LogP contribution in [-0.4, -0.2) is 19.7 Å². The molecule has 0 aromatic carbocycles. The Balaban J connectivity index is 3.84. The number of aldehydes is 2. The number of hydrogen-bond donors (Lipinski definition) is 0. The molecule has 0 N–H and O–H groups in total. The first-order valence-electron chi connectivity index (χ1n) is 1.99. The van der Waals surface area contributed by atoms with E-state index in [1.807, 2.05) is 0 Å². The third-order valence-electron chi connectivity index (χ3n) is 0.584. The fourth-order valence-electron chi connectivity index (χ4n) is 0.222. The molecule has 0 spiro atoms. The van der Waals surface area contributed by atoms with Gasteiger partial charge in [-0.1, -0.05) is 0 Å². The predicted molar refractivity (Wildman–Crippen MR) is 27.2 cm³/mol. The molecule has 0 radical (unpaired) electrons. The summed E-state index contributed by atoms with van der Waals surface area (Å²) in [6.45, 7) is 0. The van der Waals surface area contributed by atoms with Gasteiger partial charge in [0.2, 0.25) is 0 Å². The Hall–Kier alpha value is -1.12. The number of carbonyl (C=O) groups is 2. The maximum absolute atomic E-state index is 9.77. The summed E-state index contributed by atoms with van der Waals surface area (Å²) < 4.78 is 4.40. The van der Waals surface area contributed by atoms with Gasteiger partial charge in [-0.25, -0.2) is 0 Å². The molecule has 0 atom stereocenters. The minimum atomic E-state index is 0.0417. The van der Waals surface area contributed by atoms with E-state index >= 15 is 0 Å². The molecule has 0 aliphatic rings. The highest BCUT2D eigenvalue weighted by Gasteiger charge is 1.86. The van der Waals surface area contributed by atoms with E-state index in [0.29, 0.717) is 12.6 Å². The van der Waals surface area contributed by atoms with Crippen molar-refractivity contribution in [1.29, 1.82) is 0 Å². The Labute approximate surface area is 46.9 Å². The van der Waals surface area contributed by atoms with E-state index in [-0.39, 0.29) is 5.76 Å². The average molecular weight is 114 g/mol. The molecule has 0 bridgehead atoms. The van der Waals surface area contributed by atoms with Crippen molar-refractivity contribution in [3.63, 3.8) is 0 Å². The molecule has 0 aromatic heterocycles. The fourth-order valence-corrected chi connectivity index (χ4v) is 0.222. The summed E-state index contributed by atoms with van der Waals surface area (Å²) in [5.74, 6) is 0.0417. The monoisotopic (exact) mass is 114 g/mol. The molecular formula is C5H6O3. The van der Waals surface area contributed by atoms with Crippen LogP contribution in [0.1, 0.15) is 0 Å². The minimum absolute atomic E-state index is 0.0417. The van der Waals surface area contributed by atoms with Gasteiger partial charge < -0.3 is 4.74 Å². The molecule has 0 aliphatic carbocycles. The van der Waals surface area contributed by atoms with Crippen LogP contribution in [0.15, 0.2) is 11.8 Å². The van der Waals surface area contributed by atoms with Crippen molar-refractivity contribution in [2.24, 2.45) is 0 Å². The van der Waals surface area contributed by atoms with Gasteiger partial charge in [-0.2, -0.15) is 0 Å². The van der Waals surface area contributed by atoms with Crippen LogP contribution < -0.4 is 0 Å². The summed E-state index contributed by atoms with van der Waals surface area (Å²) in [7, 11) is 1.32. The Morgan fingerprint density at radius 1 is 1.50 bits per heavy atom. The van der Waals surface area contributed by atoms with Crippen molar-refractivity contribution in [2.45, 2.75) is 0 Å². The standard InChI is InChI=1S/C5H6O3/c1-8-5(4-7)2-3-6/h2-4H,1H3/b5-2+. The highest BCUT2D eigenvalue weighted by molar-refractivity contribution is 5.79. The number of carbonyl (C=O) groups excluding carboxylic acids is 2. The van der Waals surface area contributed by atoms with Gasteiger partial charge in [-0.3, -0.25) is 9.59 Å². The zero-order valence-corrected chi connectivity index (χ0v) is 4.46. The Morgan fingerprint density at radius 2 is 2.12 bits per heavy atom. The summed E-state index contributed by atoms with van der Waals surface area (Å²) in [6.07, 6.45) is 2.01. The van der Waals surface area contributed by atoms with E-state index < -0.39 is 0 Å². The first kappa shape index (κ1) is 6.88. The van der Waals surface area contributed by atoms with Crippen molar-refractivity contribution in [2.75, 3.05) is 7.11 Å². The van der Waals surface area contributed by atoms with Gasteiger partial charge in [0, 0.05) is 6.08 Å². The van der Waals surface area contributed by atoms with Crippen LogP contribution >= 0.6 is 0 Å². The third-order valence-corrected chi connectivity index (χ3v) is 0.584. The molecule has 0 amide bonds. The second-order valence-electron chi connectivity index (χ2n) is 1.03. The van der Waals surface area contributed by atoms with Crippen LogP contribution in [-0.2, 0) is 14.3 Å². The van der Waals surface area contributed by atoms with E-state index in [1.54, 1.807) is 0 Å². The Kier molecular flexibility index (Phi) is 3.48. The predicted octanol–water partition coefficient (Wildman–Crippen LogP) is -0.0855. The Morgan fingerprint density at radius 3 is 2.25 bits per heavy atom. The lowest BCUT2D eigenvalue weighted by molar-refractivity contribution is -0.108. The van der Waals surface area contributed by atoms with Gasteiger partial charge in [0.1, 0.15) is 6.29 Å². The highest BCUT2D eigenvalue weighted by Crippen LogP contribution is 1.84. The molecule has 3 nitrogen and oxygen atoms in total. The lowest BCUT2D eigenvalue weighted by Crippen LogP contribution is -1.86. The van der Waals surface area contributed by atoms with Crippen LogP contribution in [0.4, 0.5) is 0 Å². The smallest absolute Gasteiger partial charge is 0.184 e. The number of ether oxygens (including phenoxy) is 1. The topological polar surface area (TPSA) is 43.4 Å². The molecule has 44 valence electrons. The van der Waals surface area contributed by atoms with Crippen molar-refractivity contribution < 1.29 is 14.3 Å². The van der Waals surface area contributed by atoms with E-state index in [2.05, 4.69) is 4.74 Å². The van der Waals surface area contributed by atoms with Gasteiger partial charge in [0.15, 0.2) is 12.0 Å².